The predicted molar refractivity (Wildman–Crippen MR) is 92.2 cm³/mol. The first-order valence-electron chi connectivity index (χ1n) is 8.38. The highest BCUT2D eigenvalue weighted by molar-refractivity contribution is 5.98. The molecule has 2 amide bonds. The third-order valence-electron chi connectivity index (χ3n) is 4.96. The summed E-state index contributed by atoms with van der Waals surface area (Å²) in [7, 11) is 0. The maximum absolute atomic E-state index is 12.5. The summed E-state index contributed by atoms with van der Waals surface area (Å²) in [6.45, 7) is 6.51. The molecule has 1 saturated carbocycles. The zero-order valence-electron chi connectivity index (χ0n) is 14.2. The monoisotopic (exact) mass is 317 g/mol. The lowest BCUT2D eigenvalue weighted by Gasteiger charge is -2.31. The van der Waals surface area contributed by atoms with E-state index in [1.165, 1.54) is 0 Å². The van der Waals surface area contributed by atoms with E-state index in [-0.39, 0.29) is 23.3 Å². The standard InChI is InChI=1S/C18H27N3O2/c1-4-18(5-2,11-19)21-16(22)13-7-6-8-14(10-13)20-17(23)15-9-12(15)3/h6-8,10,12,15H,4-5,9,11,19H2,1-3H3,(H,20,23)(H,21,22). The average molecular weight is 317 g/mol. The third-order valence-corrected chi connectivity index (χ3v) is 4.96. The van der Waals surface area contributed by atoms with Gasteiger partial charge in [0.05, 0.1) is 5.54 Å². The normalized spacial score (nSPS) is 20.0. The molecule has 23 heavy (non-hydrogen) atoms. The van der Waals surface area contributed by atoms with E-state index in [1.54, 1.807) is 24.3 Å². The summed E-state index contributed by atoms with van der Waals surface area (Å²) >= 11 is 0. The van der Waals surface area contributed by atoms with E-state index in [4.69, 9.17) is 5.73 Å². The molecule has 1 aromatic carbocycles. The summed E-state index contributed by atoms with van der Waals surface area (Å²) < 4.78 is 0. The van der Waals surface area contributed by atoms with E-state index in [0.29, 0.717) is 23.7 Å². The van der Waals surface area contributed by atoms with Gasteiger partial charge in [0.25, 0.3) is 5.91 Å². The van der Waals surface area contributed by atoms with Gasteiger partial charge in [-0.2, -0.15) is 0 Å². The Bertz CT molecular complexity index is 573. The number of amides is 2. The van der Waals surface area contributed by atoms with Gasteiger partial charge in [-0.1, -0.05) is 26.8 Å². The van der Waals surface area contributed by atoms with Crippen LogP contribution in [0.4, 0.5) is 5.69 Å². The van der Waals surface area contributed by atoms with E-state index in [9.17, 15) is 9.59 Å². The van der Waals surface area contributed by atoms with Gasteiger partial charge in [-0.15, -0.1) is 0 Å². The molecule has 0 saturated heterocycles. The number of nitrogens with two attached hydrogens (primary N) is 1. The summed E-state index contributed by atoms with van der Waals surface area (Å²) in [5.74, 6) is 0.446. The maximum atomic E-state index is 12.5. The minimum atomic E-state index is -0.375. The van der Waals surface area contributed by atoms with E-state index in [1.807, 2.05) is 13.8 Å². The molecule has 2 atom stereocenters. The van der Waals surface area contributed by atoms with Crippen LogP contribution in [0, 0.1) is 11.8 Å². The molecule has 1 aliphatic carbocycles. The number of benzene rings is 1. The van der Waals surface area contributed by atoms with Crippen molar-refractivity contribution in [1.29, 1.82) is 0 Å². The first kappa shape index (κ1) is 17.5. The topological polar surface area (TPSA) is 84.2 Å². The summed E-state index contributed by atoms with van der Waals surface area (Å²) in [4.78, 5) is 24.5. The molecule has 2 rings (SSSR count). The van der Waals surface area contributed by atoms with Gasteiger partial charge in [0.2, 0.25) is 5.91 Å². The van der Waals surface area contributed by atoms with Gasteiger partial charge in [-0.05, 0) is 43.4 Å². The Morgan fingerprint density at radius 1 is 1.30 bits per heavy atom. The highest BCUT2D eigenvalue weighted by atomic mass is 16.2. The lowest BCUT2D eigenvalue weighted by Crippen LogP contribution is -2.52. The highest BCUT2D eigenvalue weighted by Crippen LogP contribution is 2.38. The van der Waals surface area contributed by atoms with Crippen LogP contribution in [0.1, 0.15) is 50.4 Å². The fourth-order valence-electron chi connectivity index (χ4n) is 2.74. The fourth-order valence-corrected chi connectivity index (χ4v) is 2.74. The predicted octanol–water partition coefficient (Wildman–Crippen LogP) is 2.53. The number of anilines is 1. The van der Waals surface area contributed by atoms with Crippen LogP contribution in [0.5, 0.6) is 0 Å². The average Bonchev–Trinajstić information content (AvgIpc) is 3.30. The number of hydrogen-bond donors (Lipinski definition) is 3. The second-order valence-corrected chi connectivity index (χ2v) is 6.54. The molecule has 1 aromatic rings. The molecule has 0 aliphatic heterocycles. The molecule has 4 N–H and O–H groups in total. The second-order valence-electron chi connectivity index (χ2n) is 6.54. The molecular formula is C18H27N3O2. The van der Waals surface area contributed by atoms with E-state index < -0.39 is 0 Å². The van der Waals surface area contributed by atoms with Gasteiger partial charge in [-0.3, -0.25) is 9.59 Å². The van der Waals surface area contributed by atoms with Crippen molar-refractivity contribution in [3.8, 4) is 0 Å². The van der Waals surface area contributed by atoms with Crippen LogP contribution in [0.15, 0.2) is 24.3 Å². The quantitative estimate of drug-likeness (QED) is 0.722. The summed E-state index contributed by atoms with van der Waals surface area (Å²) in [5, 5.41) is 5.93. The number of hydrogen-bond acceptors (Lipinski definition) is 3. The van der Waals surface area contributed by atoms with Gasteiger partial charge >= 0.3 is 0 Å². The second kappa shape index (κ2) is 7.13. The van der Waals surface area contributed by atoms with Crippen molar-refractivity contribution in [3.63, 3.8) is 0 Å². The smallest absolute Gasteiger partial charge is 0.251 e. The van der Waals surface area contributed by atoms with Crippen LogP contribution in [0.3, 0.4) is 0 Å². The van der Waals surface area contributed by atoms with Crippen molar-refractivity contribution in [2.45, 2.75) is 45.6 Å². The molecule has 0 aromatic heterocycles. The molecule has 5 nitrogen and oxygen atoms in total. The van der Waals surface area contributed by atoms with E-state index >= 15 is 0 Å². The van der Waals surface area contributed by atoms with Gasteiger partial charge in [0.15, 0.2) is 0 Å². The minimum Gasteiger partial charge on any atom is -0.345 e. The number of rotatable bonds is 7. The third kappa shape index (κ3) is 4.10. The van der Waals surface area contributed by atoms with Crippen molar-refractivity contribution in [2.24, 2.45) is 17.6 Å². The number of carbonyl (C=O) groups is 2. The van der Waals surface area contributed by atoms with Crippen molar-refractivity contribution < 1.29 is 9.59 Å². The zero-order chi connectivity index (χ0) is 17.0. The van der Waals surface area contributed by atoms with Gasteiger partial charge in [-0.25, -0.2) is 0 Å². The van der Waals surface area contributed by atoms with Crippen LogP contribution in [0.25, 0.3) is 0 Å². The lowest BCUT2D eigenvalue weighted by atomic mass is 9.92. The summed E-state index contributed by atoms with van der Waals surface area (Å²) in [6, 6.07) is 7.05. The highest BCUT2D eigenvalue weighted by Gasteiger charge is 2.39. The van der Waals surface area contributed by atoms with E-state index in [0.717, 1.165) is 19.3 Å². The summed E-state index contributed by atoms with van der Waals surface area (Å²) in [6.07, 6.45) is 2.50. The van der Waals surface area contributed by atoms with Crippen LogP contribution < -0.4 is 16.4 Å². The Kier molecular flexibility index (Phi) is 5.42. The summed E-state index contributed by atoms with van der Waals surface area (Å²) in [5.41, 5.74) is 6.65. The molecular weight excluding hydrogens is 290 g/mol. The molecule has 0 spiro atoms. The van der Waals surface area contributed by atoms with Gasteiger partial charge in [0, 0.05) is 23.7 Å². The SMILES string of the molecule is CCC(CC)(CN)NC(=O)c1cccc(NC(=O)C2CC2C)c1. The van der Waals surface area contributed by atoms with Gasteiger partial charge < -0.3 is 16.4 Å². The largest absolute Gasteiger partial charge is 0.345 e. The Morgan fingerprint density at radius 3 is 2.48 bits per heavy atom. The molecule has 2 unspecified atom stereocenters. The number of carbonyl (C=O) groups excluding carboxylic acids is 2. The van der Waals surface area contributed by atoms with Crippen LogP contribution >= 0.6 is 0 Å². The number of nitrogens with one attached hydrogen (secondary N) is 2. The molecule has 5 heteroatoms. The molecule has 0 heterocycles. The molecule has 0 radical (unpaired) electrons. The fraction of sp³-hybridized carbons (Fsp3) is 0.556. The molecule has 126 valence electrons. The van der Waals surface area contributed by atoms with E-state index in [2.05, 4.69) is 17.6 Å². The van der Waals surface area contributed by atoms with Crippen LogP contribution in [0.2, 0.25) is 0 Å². The van der Waals surface area contributed by atoms with Crippen molar-refractivity contribution >= 4 is 17.5 Å². The minimum absolute atomic E-state index is 0.0356. The Balaban J connectivity index is 2.06. The first-order chi connectivity index (χ1) is 10.9. The van der Waals surface area contributed by atoms with Crippen molar-refractivity contribution in [3.05, 3.63) is 29.8 Å². The molecule has 1 fully saturated rings. The van der Waals surface area contributed by atoms with Crippen LogP contribution in [-0.2, 0) is 4.79 Å². The lowest BCUT2D eigenvalue weighted by molar-refractivity contribution is -0.117. The molecule has 0 bridgehead atoms. The van der Waals surface area contributed by atoms with Crippen molar-refractivity contribution in [1.82, 2.24) is 5.32 Å². The van der Waals surface area contributed by atoms with Gasteiger partial charge in [0.1, 0.15) is 0 Å². The van der Waals surface area contributed by atoms with Crippen LogP contribution in [-0.4, -0.2) is 23.9 Å². The van der Waals surface area contributed by atoms with Crippen molar-refractivity contribution in [2.75, 3.05) is 11.9 Å². The first-order valence-corrected chi connectivity index (χ1v) is 8.38. The maximum Gasteiger partial charge on any atom is 0.251 e. The Labute approximate surface area is 138 Å². The molecule has 1 aliphatic rings. The zero-order valence-corrected chi connectivity index (χ0v) is 14.2. The Hall–Kier alpha value is -1.88. The Morgan fingerprint density at radius 2 is 1.96 bits per heavy atom.